The van der Waals surface area contributed by atoms with Crippen LogP contribution in [0.25, 0.3) is 0 Å². The Hall–Kier alpha value is -1.35. The minimum atomic E-state index is -0.795. The molecule has 2 rings (SSSR count). The van der Waals surface area contributed by atoms with Gasteiger partial charge in [0, 0.05) is 6.04 Å². The van der Waals surface area contributed by atoms with Gasteiger partial charge in [0.05, 0.1) is 0 Å². The maximum atomic E-state index is 11.2. The van der Waals surface area contributed by atoms with Gasteiger partial charge < -0.3 is 5.11 Å². The first-order valence-electron chi connectivity index (χ1n) is 5.23. The summed E-state index contributed by atoms with van der Waals surface area (Å²) >= 11 is 0. The number of carboxylic acids is 1. The van der Waals surface area contributed by atoms with Crippen LogP contribution in [0.1, 0.15) is 30.0 Å². The summed E-state index contributed by atoms with van der Waals surface area (Å²) in [5.41, 5.74) is 1.90. The lowest BCUT2D eigenvalue weighted by Gasteiger charge is -2.16. The van der Waals surface area contributed by atoms with Crippen LogP contribution in [0.5, 0.6) is 0 Å². The van der Waals surface area contributed by atoms with Crippen LogP contribution in [0, 0.1) is 6.92 Å². The van der Waals surface area contributed by atoms with Gasteiger partial charge in [0.2, 0.25) is 0 Å². The molecule has 0 aromatic heterocycles. The lowest BCUT2D eigenvalue weighted by molar-refractivity contribution is -0.139. The molecule has 0 radical (unpaired) electrons. The zero-order valence-electron chi connectivity index (χ0n) is 8.73. The van der Waals surface area contributed by atoms with Gasteiger partial charge in [0.1, 0.15) is 6.04 Å². The molecule has 15 heavy (non-hydrogen) atoms. The molecule has 1 aromatic rings. The van der Waals surface area contributed by atoms with Crippen molar-refractivity contribution in [1.29, 1.82) is 0 Å². The number of carboxylic acid groups (broad SMARTS) is 1. The highest BCUT2D eigenvalue weighted by molar-refractivity contribution is 5.76. The van der Waals surface area contributed by atoms with Crippen molar-refractivity contribution in [3.63, 3.8) is 0 Å². The van der Waals surface area contributed by atoms with E-state index < -0.39 is 12.0 Å². The summed E-state index contributed by atoms with van der Waals surface area (Å²) in [6, 6.07) is 7.47. The minimum Gasteiger partial charge on any atom is -0.480 e. The van der Waals surface area contributed by atoms with Gasteiger partial charge in [-0.05, 0) is 30.9 Å². The molecule has 1 saturated carbocycles. The van der Waals surface area contributed by atoms with Crippen molar-refractivity contribution in [2.24, 2.45) is 0 Å². The van der Waals surface area contributed by atoms with Gasteiger partial charge in [-0.3, -0.25) is 10.1 Å². The van der Waals surface area contributed by atoms with Gasteiger partial charge in [0.15, 0.2) is 0 Å². The number of carbonyl (C=O) groups is 1. The summed E-state index contributed by atoms with van der Waals surface area (Å²) < 4.78 is 0. The zero-order valence-corrected chi connectivity index (χ0v) is 8.73. The second-order valence-corrected chi connectivity index (χ2v) is 4.07. The second kappa shape index (κ2) is 4.03. The Labute approximate surface area is 89.1 Å². The third-order valence-corrected chi connectivity index (χ3v) is 2.73. The highest BCUT2D eigenvalue weighted by Gasteiger charge is 2.29. The molecule has 80 valence electrons. The van der Waals surface area contributed by atoms with Crippen LogP contribution in [0.4, 0.5) is 0 Å². The average Bonchev–Trinajstić information content (AvgIpc) is 2.99. The molecule has 1 unspecified atom stereocenters. The lowest BCUT2D eigenvalue weighted by Crippen LogP contribution is -2.30. The van der Waals surface area contributed by atoms with Crippen LogP contribution in [-0.4, -0.2) is 17.1 Å². The molecular weight excluding hydrogens is 190 g/mol. The fourth-order valence-corrected chi connectivity index (χ4v) is 1.69. The number of benzene rings is 1. The van der Waals surface area contributed by atoms with E-state index in [4.69, 9.17) is 5.11 Å². The molecule has 1 aliphatic rings. The largest absolute Gasteiger partial charge is 0.480 e. The van der Waals surface area contributed by atoms with Crippen LogP contribution in [-0.2, 0) is 4.79 Å². The summed E-state index contributed by atoms with van der Waals surface area (Å²) in [6.45, 7) is 1.94. The third kappa shape index (κ3) is 2.36. The number of aliphatic carboxylic acids is 1. The fourth-order valence-electron chi connectivity index (χ4n) is 1.69. The molecule has 1 aromatic carbocycles. The summed E-state index contributed by atoms with van der Waals surface area (Å²) in [7, 11) is 0. The highest BCUT2D eigenvalue weighted by Crippen LogP contribution is 2.25. The number of hydrogen-bond donors (Lipinski definition) is 2. The maximum Gasteiger partial charge on any atom is 0.325 e. The monoisotopic (exact) mass is 205 g/mol. The lowest BCUT2D eigenvalue weighted by atomic mass is 10.0. The molecule has 0 amide bonds. The molecule has 1 fully saturated rings. The van der Waals surface area contributed by atoms with Crippen LogP contribution >= 0.6 is 0 Å². The van der Waals surface area contributed by atoms with Crippen molar-refractivity contribution in [1.82, 2.24) is 5.32 Å². The summed E-state index contributed by atoms with van der Waals surface area (Å²) in [5.74, 6) is -0.795. The van der Waals surface area contributed by atoms with Crippen molar-refractivity contribution in [2.75, 3.05) is 0 Å². The van der Waals surface area contributed by atoms with Gasteiger partial charge in [0.25, 0.3) is 0 Å². The zero-order chi connectivity index (χ0) is 10.8. The third-order valence-electron chi connectivity index (χ3n) is 2.73. The Morgan fingerprint density at radius 2 is 2.13 bits per heavy atom. The molecule has 0 saturated heterocycles. The van der Waals surface area contributed by atoms with Crippen molar-refractivity contribution < 1.29 is 9.90 Å². The normalized spacial score (nSPS) is 17.4. The van der Waals surface area contributed by atoms with Crippen molar-refractivity contribution >= 4 is 5.97 Å². The van der Waals surface area contributed by atoms with Gasteiger partial charge in [-0.1, -0.05) is 24.3 Å². The molecule has 3 nitrogen and oxygen atoms in total. The summed E-state index contributed by atoms with van der Waals surface area (Å²) in [4.78, 5) is 11.2. The number of rotatable bonds is 4. The SMILES string of the molecule is Cc1ccccc1C(NC1CC1)C(=O)O. The van der Waals surface area contributed by atoms with E-state index in [0.717, 1.165) is 24.0 Å². The first kappa shape index (κ1) is 10.2. The molecule has 0 spiro atoms. The molecule has 0 aliphatic heterocycles. The van der Waals surface area contributed by atoms with E-state index in [0.29, 0.717) is 6.04 Å². The van der Waals surface area contributed by atoms with Crippen LogP contribution < -0.4 is 5.32 Å². The van der Waals surface area contributed by atoms with Crippen LogP contribution in [0.15, 0.2) is 24.3 Å². The smallest absolute Gasteiger partial charge is 0.325 e. The van der Waals surface area contributed by atoms with Crippen molar-refractivity contribution in [3.8, 4) is 0 Å². The van der Waals surface area contributed by atoms with E-state index in [9.17, 15) is 4.79 Å². The topological polar surface area (TPSA) is 49.3 Å². The predicted octanol–water partition coefficient (Wildman–Crippen LogP) is 1.87. The molecule has 2 N–H and O–H groups in total. The molecule has 3 heteroatoms. The van der Waals surface area contributed by atoms with Gasteiger partial charge in [-0.2, -0.15) is 0 Å². The molecular formula is C12H15NO2. The molecule has 1 atom stereocenters. The average molecular weight is 205 g/mol. The van der Waals surface area contributed by atoms with E-state index in [2.05, 4.69) is 5.32 Å². The standard InChI is InChI=1S/C12H15NO2/c1-8-4-2-3-5-10(8)11(12(14)15)13-9-6-7-9/h2-5,9,11,13H,6-7H2,1H3,(H,14,15). The molecule has 1 aliphatic carbocycles. The number of hydrogen-bond acceptors (Lipinski definition) is 2. The van der Waals surface area contributed by atoms with E-state index in [1.807, 2.05) is 31.2 Å². The van der Waals surface area contributed by atoms with Crippen molar-refractivity contribution in [3.05, 3.63) is 35.4 Å². The summed E-state index contributed by atoms with van der Waals surface area (Å²) in [5, 5.41) is 12.3. The Morgan fingerprint density at radius 3 is 2.67 bits per heavy atom. The van der Waals surface area contributed by atoms with Crippen LogP contribution in [0.3, 0.4) is 0 Å². The van der Waals surface area contributed by atoms with E-state index in [1.165, 1.54) is 0 Å². The molecule has 0 heterocycles. The number of aryl methyl sites for hydroxylation is 1. The summed E-state index contributed by atoms with van der Waals surface area (Å²) in [6.07, 6.45) is 2.19. The van der Waals surface area contributed by atoms with E-state index in [-0.39, 0.29) is 0 Å². The van der Waals surface area contributed by atoms with Crippen molar-refractivity contribution in [2.45, 2.75) is 31.8 Å². The quantitative estimate of drug-likeness (QED) is 0.789. The first-order valence-corrected chi connectivity index (χ1v) is 5.23. The first-order chi connectivity index (χ1) is 7.18. The van der Waals surface area contributed by atoms with Gasteiger partial charge >= 0.3 is 5.97 Å². The Balaban J connectivity index is 2.22. The highest BCUT2D eigenvalue weighted by atomic mass is 16.4. The van der Waals surface area contributed by atoms with E-state index in [1.54, 1.807) is 0 Å². The second-order valence-electron chi connectivity index (χ2n) is 4.07. The van der Waals surface area contributed by atoms with E-state index >= 15 is 0 Å². The predicted molar refractivity (Wildman–Crippen MR) is 57.7 cm³/mol. The van der Waals surface area contributed by atoms with Gasteiger partial charge in [-0.15, -0.1) is 0 Å². The van der Waals surface area contributed by atoms with Crippen LogP contribution in [0.2, 0.25) is 0 Å². The fraction of sp³-hybridized carbons (Fsp3) is 0.417. The Kier molecular flexibility index (Phi) is 2.73. The minimum absolute atomic E-state index is 0.394. The Morgan fingerprint density at radius 1 is 1.47 bits per heavy atom. The Bertz CT molecular complexity index is 372. The van der Waals surface area contributed by atoms with Gasteiger partial charge in [-0.25, -0.2) is 0 Å². The maximum absolute atomic E-state index is 11.2. The molecule has 0 bridgehead atoms. The number of nitrogens with one attached hydrogen (secondary N) is 1.